The summed E-state index contributed by atoms with van der Waals surface area (Å²) in [5.41, 5.74) is 4.17. The highest BCUT2D eigenvalue weighted by Crippen LogP contribution is 2.26. The lowest BCUT2D eigenvalue weighted by atomic mass is 10.1. The lowest BCUT2D eigenvalue weighted by Gasteiger charge is -2.19. The molecule has 0 spiro atoms. The summed E-state index contributed by atoms with van der Waals surface area (Å²) >= 11 is 0. The molecule has 0 aliphatic carbocycles. The molecule has 0 amide bonds. The lowest BCUT2D eigenvalue weighted by Crippen LogP contribution is -2.12. The van der Waals surface area contributed by atoms with Crippen LogP contribution in [0.1, 0.15) is 43.8 Å². The van der Waals surface area contributed by atoms with Gasteiger partial charge in [0.05, 0.1) is 23.5 Å². The Kier molecular flexibility index (Phi) is 4.78. The standard InChI is InChI=1S/C17H23N3O/c1-11(2)21-15-6-7-16(12(3)10-15)20-14(5)17-13(4)18-8-9-19-17/h6-11,14,20H,1-5H3. The van der Waals surface area contributed by atoms with E-state index in [1.54, 1.807) is 12.4 Å². The number of rotatable bonds is 5. The average molecular weight is 285 g/mol. The first-order chi connectivity index (χ1) is 9.97. The van der Waals surface area contributed by atoms with Crippen LogP contribution >= 0.6 is 0 Å². The van der Waals surface area contributed by atoms with Crippen molar-refractivity contribution in [2.24, 2.45) is 0 Å². The molecule has 21 heavy (non-hydrogen) atoms. The van der Waals surface area contributed by atoms with E-state index in [9.17, 15) is 0 Å². The van der Waals surface area contributed by atoms with E-state index in [0.29, 0.717) is 0 Å². The predicted octanol–water partition coefficient (Wildman–Crippen LogP) is 4.05. The number of nitrogens with one attached hydrogen (secondary N) is 1. The SMILES string of the molecule is Cc1cc(OC(C)C)ccc1NC(C)c1nccnc1C. The summed E-state index contributed by atoms with van der Waals surface area (Å²) in [5, 5.41) is 3.49. The predicted molar refractivity (Wildman–Crippen MR) is 85.7 cm³/mol. The number of aromatic nitrogens is 2. The maximum Gasteiger partial charge on any atom is 0.120 e. The van der Waals surface area contributed by atoms with Gasteiger partial charge < -0.3 is 10.1 Å². The maximum absolute atomic E-state index is 5.71. The number of hydrogen-bond donors (Lipinski definition) is 1. The van der Waals surface area contributed by atoms with Crippen molar-refractivity contribution in [2.45, 2.75) is 46.8 Å². The Morgan fingerprint density at radius 2 is 1.76 bits per heavy atom. The van der Waals surface area contributed by atoms with Crippen LogP contribution < -0.4 is 10.1 Å². The van der Waals surface area contributed by atoms with E-state index in [0.717, 1.165) is 28.4 Å². The van der Waals surface area contributed by atoms with Crippen LogP contribution in [0.3, 0.4) is 0 Å². The Balaban J connectivity index is 2.14. The van der Waals surface area contributed by atoms with Crippen molar-refractivity contribution in [3.8, 4) is 5.75 Å². The summed E-state index contributed by atoms with van der Waals surface area (Å²) in [5.74, 6) is 0.899. The van der Waals surface area contributed by atoms with Gasteiger partial charge in [-0.2, -0.15) is 0 Å². The zero-order chi connectivity index (χ0) is 15.4. The fourth-order valence-electron chi connectivity index (χ4n) is 2.29. The van der Waals surface area contributed by atoms with E-state index >= 15 is 0 Å². The van der Waals surface area contributed by atoms with Crippen LogP contribution in [0, 0.1) is 13.8 Å². The molecule has 0 saturated carbocycles. The lowest BCUT2D eigenvalue weighted by molar-refractivity contribution is 0.242. The van der Waals surface area contributed by atoms with E-state index in [1.165, 1.54) is 0 Å². The van der Waals surface area contributed by atoms with Crippen LogP contribution in [0.4, 0.5) is 5.69 Å². The summed E-state index contributed by atoms with van der Waals surface area (Å²) in [7, 11) is 0. The van der Waals surface area contributed by atoms with Gasteiger partial charge in [0.1, 0.15) is 5.75 Å². The van der Waals surface area contributed by atoms with E-state index in [-0.39, 0.29) is 12.1 Å². The molecule has 1 heterocycles. The second-order valence-corrected chi connectivity index (χ2v) is 5.54. The highest BCUT2D eigenvalue weighted by atomic mass is 16.5. The fraction of sp³-hybridized carbons (Fsp3) is 0.412. The van der Waals surface area contributed by atoms with Gasteiger partial charge in [-0.1, -0.05) is 0 Å². The van der Waals surface area contributed by atoms with Crippen molar-refractivity contribution in [2.75, 3.05) is 5.32 Å². The third-order valence-corrected chi connectivity index (χ3v) is 3.27. The molecule has 0 saturated heterocycles. The average Bonchev–Trinajstić information content (AvgIpc) is 2.41. The molecule has 1 unspecified atom stereocenters. The van der Waals surface area contributed by atoms with Gasteiger partial charge in [-0.3, -0.25) is 9.97 Å². The Hall–Kier alpha value is -2.10. The third kappa shape index (κ3) is 3.94. The van der Waals surface area contributed by atoms with Crippen LogP contribution in [0.25, 0.3) is 0 Å². The number of hydrogen-bond acceptors (Lipinski definition) is 4. The molecule has 0 bridgehead atoms. The normalized spacial score (nSPS) is 12.3. The zero-order valence-corrected chi connectivity index (χ0v) is 13.3. The first-order valence-corrected chi connectivity index (χ1v) is 7.28. The smallest absolute Gasteiger partial charge is 0.120 e. The minimum Gasteiger partial charge on any atom is -0.491 e. The van der Waals surface area contributed by atoms with E-state index < -0.39 is 0 Å². The van der Waals surface area contributed by atoms with E-state index in [2.05, 4.69) is 41.3 Å². The van der Waals surface area contributed by atoms with Gasteiger partial charge in [-0.15, -0.1) is 0 Å². The number of aryl methyl sites for hydroxylation is 2. The molecule has 1 aromatic carbocycles. The molecular formula is C17H23N3O. The number of benzene rings is 1. The van der Waals surface area contributed by atoms with Crippen LogP contribution in [0.15, 0.2) is 30.6 Å². The van der Waals surface area contributed by atoms with Crippen LogP contribution in [0.2, 0.25) is 0 Å². The molecule has 1 N–H and O–H groups in total. The van der Waals surface area contributed by atoms with Gasteiger partial charge in [-0.25, -0.2) is 0 Å². The molecule has 112 valence electrons. The summed E-state index contributed by atoms with van der Waals surface area (Å²) in [6.45, 7) is 10.2. The zero-order valence-electron chi connectivity index (χ0n) is 13.3. The summed E-state index contributed by atoms with van der Waals surface area (Å²) in [4.78, 5) is 8.70. The van der Waals surface area contributed by atoms with Crippen molar-refractivity contribution in [3.63, 3.8) is 0 Å². The highest BCUT2D eigenvalue weighted by Gasteiger charge is 2.12. The Labute approximate surface area is 126 Å². The summed E-state index contributed by atoms with van der Waals surface area (Å²) < 4.78 is 5.71. The van der Waals surface area contributed by atoms with Gasteiger partial charge in [0, 0.05) is 18.1 Å². The molecule has 4 nitrogen and oxygen atoms in total. The Morgan fingerprint density at radius 1 is 1.05 bits per heavy atom. The van der Waals surface area contributed by atoms with Crippen LogP contribution in [-0.2, 0) is 0 Å². The molecule has 0 fully saturated rings. The minimum absolute atomic E-state index is 0.106. The van der Waals surface area contributed by atoms with E-state index in [4.69, 9.17) is 4.74 Å². The molecule has 2 aromatic rings. The van der Waals surface area contributed by atoms with Crippen molar-refractivity contribution < 1.29 is 4.74 Å². The Bertz CT molecular complexity index is 611. The van der Waals surface area contributed by atoms with Crippen LogP contribution in [0.5, 0.6) is 5.75 Å². The molecule has 1 atom stereocenters. The van der Waals surface area contributed by atoms with Crippen molar-refractivity contribution in [1.82, 2.24) is 9.97 Å². The molecule has 4 heteroatoms. The maximum atomic E-state index is 5.71. The fourth-order valence-corrected chi connectivity index (χ4v) is 2.29. The summed E-state index contributed by atoms with van der Waals surface area (Å²) in [6.07, 6.45) is 3.63. The number of anilines is 1. The van der Waals surface area contributed by atoms with Gasteiger partial charge in [-0.05, 0) is 58.4 Å². The first kappa shape index (κ1) is 15.3. The van der Waals surface area contributed by atoms with Crippen molar-refractivity contribution in [1.29, 1.82) is 0 Å². The monoisotopic (exact) mass is 285 g/mol. The van der Waals surface area contributed by atoms with Gasteiger partial charge in [0.25, 0.3) is 0 Å². The quantitative estimate of drug-likeness (QED) is 0.900. The third-order valence-electron chi connectivity index (χ3n) is 3.27. The van der Waals surface area contributed by atoms with Gasteiger partial charge in [0.2, 0.25) is 0 Å². The first-order valence-electron chi connectivity index (χ1n) is 7.28. The molecule has 1 aromatic heterocycles. The second-order valence-electron chi connectivity index (χ2n) is 5.54. The van der Waals surface area contributed by atoms with Crippen LogP contribution in [-0.4, -0.2) is 16.1 Å². The molecular weight excluding hydrogens is 262 g/mol. The number of ether oxygens (including phenoxy) is 1. The summed E-state index contributed by atoms with van der Waals surface area (Å²) in [6, 6.07) is 6.20. The molecule has 0 radical (unpaired) electrons. The van der Waals surface area contributed by atoms with Crippen molar-refractivity contribution in [3.05, 3.63) is 47.5 Å². The minimum atomic E-state index is 0.106. The number of nitrogens with zero attached hydrogens (tertiary/aromatic N) is 2. The molecule has 0 aliphatic rings. The van der Waals surface area contributed by atoms with Crippen molar-refractivity contribution >= 4 is 5.69 Å². The van der Waals surface area contributed by atoms with E-state index in [1.807, 2.05) is 26.8 Å². The largest absolute Gasteiger partial charge is 0.491 e. The molecule has 0 aliphatic heterocycles. The molecule has 2 rings (SSSR count). The van der Waals surface area contributed by atoms with Gasteiger partial charge >= 0.3 is 0 Å². The highest BCUT2D eigenvalue weighted by molar-refractivity contribution is 5.54. The van der Waals surface area contributed by atoms with Gasteiger partial charge in [0.15, 0.2) is 0 Å². The topological polar surface area (TPSA) is 47.0 Å². The Morgan fingerprint density at radius 3 is 2.38 bits per heavy atom. The second kappa shape index (κ2) is 6.57.